The van der Waals surface area contributed by atoms with Crippen LogP contribution in [-0.2, 0) is 11.2 Å². The normalized spacial score (nSPS) is 18.5. The number of hydrogen-bond acceptors (Lipinski definition) is 2. The Labute approximate surface area is 113 Å². The van der Waals surface area contributed by atoms with Gasteiger partial charge in [-0.2, -0.15) is 0 Å². The summed E-state index contributed by atoms with van der Waals surface area (Å²) in [5, 5.41) is 3.25. The van der Waals surface area contributed by atoms with Crippen molar-refractivity contribution in [2.45, 2.75) is 31.7 Å². The van der Waals surface area contributed by atoms with Gasteiger partial charge in [0.25, 0.3) is 0 Å². The van der Waals surface area contributed by atoms with Crippen LogP contribution in [0.2, 0.25) is 0 Å². The van der Waals surface area contributed by atoms with Crippen molar-refractivity contribution in [1.82, 2.24) is 5.32 Å². The van der Waals surface area contributed by atoms with Gasteiger partial charge in [-0.3, -0.25) is 0 Å². The average molecular weight is 269 g/mol. The van der Waals surface area contributed by atoms with Crippen molar-refractivity contribution in [2.24, 2.45) is 5.92 Å². The molecular weight excluding hydrogens is 248 g/mol. The number of halogens is 2. The van der Waals surface area contributed by atoms with Crippen molar-refractivity contribution in [1.29, 1.82) is 0 Å². The molecule has 1 aromatic carbocycles. The van der Waals surface area contributed by atoms with Crippen LogP contribution in [0.3, 0.4) is 0 Å². The summed E-state index contributed by atoms with van der Waals surface area (Å²) in [6, 6.07) is 4.00. The van der Waals surface area contributed by atoms with E-state index >= 15 is 0 Å². The molecule has 106 valence electrons. The molecule has 0 saturated carbocycles. The summed E-state index contributed by atoms with van der Waals surface area (Å²) in [6.07, 6.45) is 3.84. The van der Waals surface area contributed by atoms with E-state index in [2.05, 4.69) is 5.32 Å². The van der Waals surface area contributed by atoms with Crippen LogP contribution in [-0.4, -0.2) is 26.3 Å². The highest BCUT2D eigenvalue weighted by Crippen LogP contribution is 2.22. The van der Waals surface area contributed by atoms with Gasteiger partial charge in [-0.15, -0.1) is 0 Å². The van der Waals surface area contributed by atoms with Gasteiger partial charge in [0.2, 0.25) is 0 Å². The number of nitrogens with one attached hydrogen (secondary N) is 1. The Morgan fingerprint density at radius 2 is 1.84 bits per heavy atom. The third kappa shape index (κ3) is 4.55. The van der Waals surface area contributed by atoms with E-state index in [4.69, 9.17) is 4.74 Å². The lowest BCUT2D eigenvalue weighted by molar-refractivity contribution is 0.0608. The molecule has 0 aliphatic carbocycles. The highest BCUT2D eigenvalue weighted by Gasteiger charge is 2.19. The summed E-state index contributed by atoms with van der Waals surface area (Å²) < 4.78 is 31.7. The molecule has 1 fully saturated rings. The van der Waals surface area contributed by atoms with Crippen molar-refractivity contribution < 1.29 is 13.5 Å². The van der Waals surface area contributed by atoms with Crippen molar-refractivity contribution in [3.05, 3.63) is 35.4 Å². The fraction of sp³-hybridized carbons (Fsp3) is 0.600. The van der Waals surface area contributed by atoms with Gasteiger partial charge in [-0.05, 0) is 56.3 Å². The SMILES string of the molecule is CNC(Cc1cc(F)cc(F)c1)CC1CCOCC1. The topological polar surface area (TPSA) is 21.3 Å². The van der Waals surface area contributed by atoms with E-state index in [9.17, 15) is 8.78 Å². The zero-order valence-corrected chi connectivity index (χ0v) is 11.3. The van der Waals surface area contributed by atoms with Crippen LogP contribution in [0.15, 0.2) is 18.2 Å². The third-order valence-electron chi connectivity index (χ3n) is 3.77. The van der Waals surface area contributed by atoms with Gasteiger partial charge in [-0.1, -0.05) is 0 Å². The predicted octanol–water partition coefficient (Wildman–Crippen LogP) is 2.91. The standard InChI is InChI=1S/C15H21F2NO/c1-18-15(8-11-2-4-19-5-3-11)9-12-6-13(16)10-14(17)7-12/h6-7,10-11,15,18H,2-5,8-9H2,1H3. The van der Waals surface area contributed by atoms with Crippen molar-refractivity contribution in [3.8, 4) is 0 Å². The van der Waals surface area contributed by atoms with Crippen LogP contribution in [0.25, 0.3) is 0 Å². The fourth-order valence-corrected chi connectivity index (χ4v) is 2.70. The molecule has 0 spiro atoms. The fourth-order valence-electron chi connectivity index (χ4n) is 2.70. The molecule has 0 bridgehead atoms. The second-order valence-electron chi connectivity index (χ2n) is 5.26. The Morgan fingerprint density at radius 1 is 1.21 bits per heavy atom. The molecule has 2 rings (SSSR count). The largest absolute Gasteiger partial charge is 0.381 e. The lowest BCUT2D eigenvalue weighted by atomic mass is 9.90. The molecule has 1 N–H and O–H groups in total. The average Bonchev–Trinajstić information content (AvgIpc) is 2.38. The summed E-state index contributed by atoms with van der Waals surface area (Å²) in [7, 11) is 1.90. The molecule has 0 radical (unpaired) electrons. The number of benzene rings is 1. The van der Waals surface area contributed by atoms with E-state index < -0.39 is 11.6 Å². The van der Waals surface area contributed by atoms with Crippen LogP contribution < -0.4 is 5.32 Å². The molecule has 1 heterocycles. The van der Waals surface area contributed by atoms with Crippen LogP contribution in [0.5, 0.6) is 0 Å². The van der Waals surface area contributed by atoms with Gasteiger partial charge in [0.1, 0.15) is 11.6 Å². The van der Waals surface area contributed by atoms with E-state index in [1.54, 1.807) is 0 Å². The quantitative estimate of drug-likeness (QED) is 0.887. The molecule has 1 aliphatic rings. The van der Waals surface area contributed by atoms with Gasteiger partial charge >= 0.3 is 0 Å². The molecule has 1 aliphatic heterocycles. The molecule has 19 heavy (non-hydrogen) atoms. The minimum Gasteiger partial charge on any atom is -0.381 e. The zero-order valence-electron chi connectivity index (χ0n) is 11.3. The number of rotatable bonds is 5. The molecular formula is C15H21F2NO. The Morgan fingerprint density at radius 3 is 2.42 bits per heavy atom. The summed E-state index contributed by atoms with van der Waals surface area (Å²) in [6.45, 7) is 1.66. The first-order valence-corrected chi connectivity index (χ1v) is 6.87. The van der Waals surface area contributed by atoms with Crippen LogP contribution in [0, 0.1) is 17.6 Å². The van der Waals surface area contributed by atoms with Crippen molar-refractivity contribution in [2.75, 3.05) is 20.3 Å². The Bertz CT molecular complexity index is 385. The van der Waals surface area contributed by atoms with Gasteiger partial charge in [0.15, 0.2) is 0 Å². The molecule has 2 nitrogen and oxygen atoms in total. The first-order chi connectivity index (χ1) is 9.17. The maximum atomic E-state index is 13.2. The summed E-state index contributed by atoms with van der Waals surface area (Å²) >= 11 is 0. The lowest BCUT2D eigenvalue weighted by Gasteiger charge is -2.26. The maximum absolute atomic E-state index is 13.2. The predicted molar refractivity (Wildman–Crippen MR) is 71.1 cm³/mol. The Hall–Kier alpha value is -1.00. The van der Waals surface area contributed by atoms with Crippen LogP contribution in [0.1, 0.15) is 24.8 Å². The van der Waals surface area contributed by atoms with E-state index in [1.807, 2.05) is 7.05 Å². The number of likely N-dealkylation sites (N-methyl/N-ethyl adjacent to an activating group) is 1. The molecule has 1 atom stereocenters. The molecule has 4 heteroatoms. The first-order valence-electron chi connectivity index (χ1n) is 6.87. The van der Waals surface area contributed by atoms with Crippen LogP contribution in [0.4, 0.5) is 8.78 Å². The number of hydrogen-bond donors (Lipinski definition) is 1. The van der Waals surface area contributed by atoms with Gasteiger partial charge in [0, 0.05) is 25.3 Å². The molecule has 1 saturated heterocycles. The minimum absolute atomic E-state index is 0.254. The summed E-state index contributed by atoms with van der Waals surface area (Å²) in [5.41, 5.74) is 0.712. The third-order valence-corrected chi connectivity index (χ3v) is 3.77. The van der Waals surface area contributed by atoms with E-state index in [0.29, 0.717) is 17.9 Å². The monoisotopic (exact) mass is 269 g/mol. The first kappa shape index (κ1) is 14.4. The highest BCUT2D eigenvalue weighted by molar-refractivity contribution is 5.19. The highest BCUT2D eigenvalue weighted by atomic mass is 19.1. The van der Waals surface area contributed by atoms with Crippen molar-refractivity contribution >= 4 is 0 Å². The molecule has 0 amide bonds. The minimum atomic E-state index is -0.504. The van der Waals surface area contributed by atoms with E-state index in [1.165, 1.54) is 12.1 Å². The maximum Gasteiger partial charge on any atom is 0.126 e. The molecule has 1 unspecified atom stereocenters. The molecule has 0 aromatic heterocycles. The van der Waals surface area contributed by atoms with E-state index in [0.717, 1.165) is 38.5 Å². The zero-order chi connectivity index (χ0) is 13.7. The summed E-state index contributed by atoms with van der Waals surface area (Å²) in [4.78, 5) is 0. The van der Waals surface area contributed by atoms with Crippen molar-refractivity contribution in [3.63, 3.8) is 0 Å². The van der Waals surface area contributed by atoms with Gasteiger partial charge in [0.05, 0.1) is 0 Å². The Kier molecular flexibility index (Phi) is 5.28. The second-order valence-corrected chi connectivity index (χ2v) is 5.26. The smallest absolute Gasteiger partial charge is 0.126 e. The second kappa shape index (κ2) is 6.96. The van der Waals surface area contributed by atoms with Gasteiger partial charge in [-0.25, -0.2) is 8.78 Å². The number of ether oxygens (including phenoxy) is 1. The molecule has 1 aromatic rings. The Balaban J connectivity index is 1.93. The van der Waals surface area contributed by atoms with Gasteiger partial charge < -0.3 is 10.1 Å². The van der Waals surface area contributed by atoms with E-state index in [-0.39, 0.29) is 6.04 Å². The van der Waals surface area contributed by atoms with Crippen LogP contribution >= 0.6 is 0 Å². The summed E-state index contributed by atoms with van der Waals surface area (Å²) in [5.74, 6) is -0.364. The lowest BCUT2D eigenvalue weighted by Crippen LogP contribution is -2.32.